The van der Waals surface area contributed by atoms with Crippen LogP contribution >= 0.6 is 11.8 Å². The van der Waals surface area contributed by atoms with Gasteiger partial charge < -0.3 is 10.1 Å². The Morgan fingerprint density at radius 1 is 1.44 bits per heavy atom. The van der Waals surface area contributed by atoms with Crippen molar-refractivity contribution in [2.45, 2.75) is 30.7 Å². The molecule has 0 spiro atoms. The van der Waals surface area contributed by atoms with Crippen LogP contribution in [0.3, 0.4) is 0 Å². The van der Waals surface area contributed by atoms with Crippen molar-refractivity contribution < 1.29 is 4.74 Å². The molecule has 1 heterocycles. The van der Waals surface area contributed by atoms with Gasteiger partial charge in [0.25, 0.3) is 0 Å². The molecule has 0 saturated carbocycles. The molecule has 2 rings (SSSR count). The molecule has 0 aliphatic carbocycles. The molecule has 1 fully saturated rings. The zero-order valence-electron chi connectivity index (χ0n) is 11.3. The Labute approximate surface area is 114 Å². The molecule has 1 aliphatic heterocycles. The quantitative estimate of drug-likeness (QED) is 0.824. The van der Waals surface area contributed by atoms with Crippen molar-refractivity contribution in [3.05, 3.63) is 29.8 Å². The van der Waals surface area contributed by atoms with Crippen LogP contribution in [0.25, 0.3) is 0 Å². The van der Waals surface area contributed by atoms with Crippen molar-refractivity contribution in [1.29, 1.82) is 0 Å². The van der Waals surface area contributed by atoms with Crippen molar-refractivity contribution in [2.75, 3.05) is 26.0 Å². The van der Waals surface area contributed by atoms with Crippen LogP contribution in [0.2, 0.25) is 0 Å². The highest BCUT2D eigenvalue weighted by Crippen LogP contribution is 2.33. The molecule has 1 N–H and O–H groups in total. The molecule has 1 aromatic carbocycles. The van der Waals surface area contributed by atoms with Gasteiger partial charge in [0.2, 0.25) is 0 Å². The summed E-state index contributed by atoms with van der Waals surface area (Å²) in [6.45, 7) is 5.00. The van der Waals surface area contributed by atoms with Crippen LogP contribution < -0.4 is 5.32 Å². The van der Waals surface area contributed by atoms with Gasteiger partial charge >= 0.3 is 0 Å². The third kappa shape index (κ3) is 3.28. The Bertz CT molecular complexity index is 363. The number of ether oxygens (including phenoxy) is 1. The fraction of sp³-hybridized carbons (Fsp3) is 0.600. The van der Waals surface area contributed by atoms with Gasteiger partial charge in [-0.25, -0.2) is 0 Å². The fourth-order valence-corrected chi connectivity index (χ4v) is 3.35. The molecule has 1 saturated heterocycles. The molecule has 1 aliphatic rings. The average Bonchev–Trinajstić information content (AvgIpc) is 2.46. The van der Waals surface area contributed by atoms with Crippen LogP contribution in [0, 0.1) is 5.92 Å². The Balaban J connectivity index is 2.22. The second-order valence-electron chi connectivity index (χ2n) is 4.75. The van der Waals surface area contributed by atoms with Crippen molar-refractivity contribution in [3.63, 3.8) is 0 Å². The summed E-state index contributed by atoms with van der Waals surface area (Å²) in [5, 5.41) is 3.65. The lowest BCUT2D eigenvalue weighted by Gasteiger charge is -2.32. The molecule has 1 aromatic rings. The maximum atomic E-state index is 5.66. The van der Waals surface area contributed by atoms with E-state index in [4.69, 9.17) is 4.74 Å². The van der Waals surface area contributed by atoms with Crippen molar-refractivity contribution >= 4 is 11.8 Å². The highest BCUT2D eigenvalue weighted by Gasteiger charge is 2.26. The molecule has 0 bridgehead atoms. The molecule has 2 unspecified atom stereocenters. The van der Waals surface area contributed by atoms with E-state index in [-0.39, 0.29) is 0 Å². The van der Waals surface area contributed by atoms with Crippen molar-refractivity contribution in [2.24, 2.45) is 5.92 Å². The summed E-state index contributed by atoms with van der Waals surface area (Å²) in [5.74, 6) is 0.604. The first kappa shape index (κ1) is 13.9. The first-order valence-electron chi connectivity index (χ1n) is 6.80. The highest BCUT2D eigenvalue weighted by atomic mass is 32.2. The summed E-state index contributed by atoms with van der Waals surface area (Å²) in [6, 6.07) is 9.17. The fourth-order valence-electron chi connectivity index (χ4n) is 2.70. The van der Waals surface area contributed by atoms with E-state index in [9.17, 15) is 0 Å². The molecule has 2 nitrogen and oxygen atoms in total. The van der Waals surface area contributed by atoms with E-state index in [2.05, 4.69) is 42.8 Å². The van der Waals surface area contributed by atoms with Crippen LogP contribution in [0.1, 0.15) is 31.4 Å². The first-order chi connectivity index (χ1) is 8.86. The normalized spacial score (nSPS) is 21.8. The van der Waals surface area contributed by atoms with E-state index in [1.54, 1.807) is 0 Å². The zero-order chi connectivity index (χ0) is 12.8. The molecule has 0 radical (unpaired) electrons. The molecular weight excluding hydrogens is 242 g/mol. The Morgan fingerprint density at radius 2 is 2.28 bits per heavy atom. The van der Waals surface area contributed by atoms with Crippen LogP contribution in [0.15, 0.2) is 29.2 Å². The largest absolute Gasteiger partial charge is 0.381 e. The van der Waals surface area contributed by atoms with Crippen LogP contribution in [-0.4, -0.2) is 26.0 Å². The molecule has 0 aromatic heterocycles. The first-order valence-corrected chi connectivity index (χ1v) is 8.03. The van der Waals surface area contributed by atoms with Gasteiger partial charge in [-0.1, -0.05) is 25.1 Å². The smallest absolute Gasteiger partial charge is 0.0512 e. The van der Waals surface area contributed by atoms with E-state index in [1.165, 1.54) is 23.3 Å². The van der Waals surface area contributed by atoms with Gasteiger partial charge in [-0.15, -0.1) is 11.8 Å². The number of hydrogen-bond acceptors (Lipinski definition) is 3. The number of rotatable bonds is 5. The van der Waals surface area contributed by atoms with Gasteiger partial charge in [0.1, 0.15) is 0 Å². The van der Waals surface area contributed by atoms with Gasteiger partial charge in [0.05, 0.1) is 6.61 Å². The predicted molar refractivity (Wildman–Crippen MR) is 78.2 cm³/mol. The molecule has 100 valence electrons. The Hall–Kier alpha value is -0.510. The summed E-state index contributed by atoms with van der Waals surface area (Å²) < 4.78 is 5.66. The minimum Gasteiger partial charge on any atom is -0.381 e. The average molecular weight is 265 g/mol. The van der Waals surface area contributed by atoms with E-state index < -0.39 is 0 Å². The molecule has 18 heavy (non-hydrogen) atoms. The third-order valence-corrected chi connectivity index (χ3v) is 4.38. The van der Waals surface area contributed by atoms with Crippen LogP contribution in [0.4, 0.5) is 0 Å². The second kappa shape index (κ2) is 7.17. The van der Waals surface area contributed by atoms with Gasteiger partial charge in [0.15, 0.2) is 0 Å². The Kier molecular flexibility index (Phi) is 5.54. The lowest BCUT2D eigenvalue weighted by Crippen LogP contribution is -2.33. The standard InChI is InChI=1S/C15H23NOS/c1-3-16-15(12-7-6-10-17-11-12)13-8-4-5-9-14(13)18-2/h4-5,8-9,12,15-16H,3,6-7,10-11H2,1-2H3. The summed E-state index contributed by atoms with van der Waals surface area (Å²) in [4.78, 5) is 1.38. The maximum absolute atomic E-state index is 5.66. The van der Waals surface area contributed by atoms with Crippen molar-refractivity contribution in [3.8, 4) is 0 Å². The van der Waals surface area contributed by atoms with Crippen LogP contribution in [0.5, 0.6) is 0 Å². The summed E-state index contributed by atoms with van der Waals surface area (Å²) >= 11 is 1.83. The summed E-state index contributed by atoms with van der Waals surface area (Å²) in [6.07, 6.45) is 4.60. The minimum absolute atomic E-state index is 0.430. The molecule has 0 amide bonds. The summed E-state index contributed by atoms with van der Waals surface area (Å²) in [7, 11) is 0. The van der Waals surface area contributed by atoms with Gasteiger partial charge in [-0.3, -0.25) is 0 Å². The highest BCUT2D eigenvalue weighted by molar-refractivity contribution is 7.98. The number of benzene rings is 1. The molecular formula is C15H23NOS. The number of thioether (sulfide) groups is 1. The zero-order valence-corrected chi connectivity index (χ0v) is 12.1. The molecule has 3 heteroatoms. The number of hydrogen-bond donors (Lipinski definition) is 1. The maximum Gasteiger partial charge on any atom is 0.0512 e. The predicted octanol–water partition coefficient (Wildman–Crippen LogP) is 3.49. The van der Waals surface area contributed by atoms with Crippen LogP contribution in [-0.2, 0) is 4.74 Å². The van der Waals surface area contributed by atoms with Crippen molar-refractivity contribution in [1.82, 2.24) is 5.32 Å². The minimum atomic E-state index is 0.430. The second-order valence-corrected chi connectivity index (χ2v) is 5.60. The SMILES string of the molecule is CCNC(c1ccccc1SC)C1CCCOC1. The summed E-state index contributed by atoms with van der Waals surface area (Å²) in [5.41, 5.74) is 1.43. The lowest BCUT2D eigenvalue weighted by atomic mass is 9.88. The molecule has 2 atom stereocenters. The lowest BCUT2D eigenvalue weighted by molar-refractivity contribution is 0.0389. The Morgan fingerprint density at radius 3 is 2.94 bits per heavy atom. The van der Waals surface area contributed by atoms with Gasteiger partial charge in [0, 0.05) is 23.5 Å². The van der Waals surface area contributed by atoms with Gasteiger partial charge in [-0.05, 0) is 37.3 Å². The van der Waals surface area contributed by atoms with E-state index >= 15 is 0 Å². The van der Waals surface area contributed by atoms with Gasteiger partial charge in [-0.2, -0.15) is 0 Å². The monoisotopic (exact) mass is 265 g/mol. The topological polar surface area (TPSA) is 21.3 Å². The number of nitrogens with one attached hydrogen (secondary N) is 1. The third-order valence-electron chi connectivity index (χ3n) is 3.56. The van der Waals surface area contributed by atoms with E-state index in [0.717, 1.165) is 19.8 Å². The van der Waals surface area contributed by atoms with E-state index in [1.807, 2.05) is 11.8 Å². The van der Waals surface area contributed by atoms with E-state index in [0.29, 0.717) is 12.0 Å².